The van der Waals surface area contributed by atoms with E-state index in [0.717, 1.165) is 65.9 Å². The number of hydrogen-bond donors (Lipinski definition) is 0. The summed E-state index contributed by atoms with van der Waals surface area (Å²) < 4.78 is 3.48. The number of halogens is 1. The van der Waals surface area contributed by atoms with Gasteiger partial charge >= 0.3 is 0 Å². The van der Waals surface area contributed by atoms with Crippen LogP contribution in [0.3, 0.4) is 0 Å². The lowest BCUT2D eigenvalue weighted by Gasteiger charge is -2.30. The van der Waals surface area contributed by atoms with Crippen LogP contribution in [0.15, 0.2) is 35.4 Å². The van der Waals surface area contributed by atoms with Crippen LogP contribution in [0.25, 0.3) is 27.8 Å². The summed E-state index contributed by atoms with van der Waals surface area (Å²) in [6.45, 7) is 9.45. The number of rotatable bonds is 3. The summed E-state index contributed by atoms with van der Waals surface area (Å²) in [6.07, 6.45) is 6.05. The maximum atomic E-state index is 13.1. The third kappa shape index (κ3) is 3.91. The zero-order valence-electron chi connectivity index (χ0n) is 19.0. The van der Waals surface area contributed by atoms with E-state index in [1.54, 1.807) is 10.5 Å². The van der Waals surface area contributed by atoms with Crippen LogP contribution < -0.4 is 5.56 Å². The molecule has 1 aromatic carbocycles. The monoisotopic (exact) mass is 452 g/mol. The number of aryl methyl sites for hydroxylation is 3. The summed E-state index contributed by atoms with van der Waals surface area (Å²) in [6, 6.07) is 5.73. The molecule has 0 amide bonds. The maximum Gasteiger partial charge on any atom is 0.258 e. The molecule has 8 heteroatoms. The molecule has 32 heavy (non-hydrogen) atoms. The molecular formula is C24H29ClN6O. The molecule has 0 N–H and O–H groups in total. The molecule has 0 spiro atoms. The Morgan fingerprint density at radius 3 is 2.53 bits per heavy atom. The van der Waals surface area contributed by atoms with E-state index in [1.807, 2.05) is 50.1 Å². The number of nitrogens with zero attached hydrogens (tertiary/aromatic N) is 6. The topological polar surface area (TPSA) is 68.3 Å². The highest BCUT2D eigenvalue weighted by molar-refractivity contribution is 5.86. The molecule has 1 aliphatic heterocycles. The molecule has 5 rings (SSSR count). The Kier molecular flexibility index (Phi) is 6.05. The number of likely N-dealkylation sites (tertiary alicyclic amines) is 1. The molecule has 7 nitrogen and oxygen atoms in total. The first-order chi connectivity index (χ1) is 14.9. The molecular weight excluding hydrogens is 424 g/mol. The van der Waals surface area contributed by atoms with Crippen LogP contribution in [0.1, 0.15) is 42.6 Å². The van der Waals surface area contributed by atoms with Gasteiger partial charge in [0.15, 0.2) is 5.65 Å². The molecule has 1 saturated heterocycles. The Balaban J connectivity index is 0.00000245. The van der Waals surface area contributed by atoms with Crippen LogP contribution in [0, 0.1) is 13.8 Å². The highest BCUT2D eigenvalue weighted by Crippen LogP contribution is 2.28. The first-order valence-electron chi connectivity index (χ1n) is 11.0. The van der Waals surface area contributed by atoms with Gasteiger partial charge in [-0.1, -0.05) is 6.92 Å². The molecule has 0 aliphatic carbocycles. The van der Waals surface area contributed by atoms with Crippen LogP contribution in [0.5, 0.6) is 0 Å². The Bertz CT molecular complexity index is 1350. The van der Waals surface area contributed by atoms with Gasteiger partial charge in [-0.2, -0.15) is 5.10 Å². The van der Waals surface area contributed by atoms with Gasteiger partial charge in [-0.3, -0.25) is 18.9 Å². The molecule has 4 heterocycles. The van der Waals surface area contributed by atoms with E-state index >= 15 is 0 Å². The van der Waals surface area contributed by atoms with Crippen molar-refractivity contribution in [1.82, 2.24) is 29.0 Å². The number of fused-ring (bicyclic) bond motifs is 2. The van der Waals surface area contributed by atoms with Crippen LogP contribution in [-0.2, 0) is 7.05 Å². The van der Waals surface area contributed by atoms with Gasteiger partial charge in [-0.05, 0) is 64.0 Å². The van der Waals surface area contributed by atoms with Crippen LogP contribution in [-0.4, -0.2) is 48.7 Å². The van der Waals surface area contributed by atoms with E-state index in [9.17, 15) is 4.79 Å². The minimum absolute atomic E-state index is 0. The molecule has 0 saturated carbocycles. The van der Waals surface area contributed by atoms with Crippen LogP contribution in [0.4, 0.5) is 0 Å². The average Bonchev–Trinajstić information content (AvgIpc) is 3.15. The van der Waals surface area contributed by atoms with Gasteiger partial charge in [0, 0.05) is 42.4 Å². The molecule has 0 unspecified atom stereocenters. The number of piperidine rings is 1. The van der Waals surface area contributed by atoms with E-state index in [4.69, 9.17) is 9.97 Å². The van der Waals surface area contributed by atoms with Crippen LogP contribution >= 0.6 is 12.4 Å². The van der Waals surface area contributed by atoms with Crippen molar-refractivity contribution in [2.45, 2.75) is 39.5 Å². The quantitative estimate of drug-likeness (QED) is 0.472. The summed E-state index contributed by atoms with van der Waals surface area (Å²) in [4.78, 5) is 25.3. The van der Waals surface area contributed by atoms with Gasteiger partial charge in [0.25, 0.3) is 5.56 Å². The van der Waals surface area contributed by atoms with Crippen molar-refractivity contribution in [1.29, 1.82) is 0 Å². The zero-order valence-corrected chi connectivity index (χ0v) is 19.8. The lowest BCUT2D eigenvalue weighted by atomic mass is 9.93. The zero-order chi connectivity index (χ0) is 21.7. The first kappa shape index (κ1) is 22.4. The van der Waals surface area contributed by atoms with Crippen molar-refractivity contribution >= 4 is 29.0 Å². The van der Waals surface area contributed by atoms with E-state index in [0.29, 0.717) is 17.3 Å². The van der Waals surface area contributed by atoms with E-state index in [1.165, 1.54) is 0 Å². The lowest BCUT2D eigenvalue weighted by Crippen LogP contribution is -2.33. The van der Waals surface area contributed by atoms with Gasteiger partial charge < -0.3 is 4.90 Å². The molecule has 3 aromatic heterocycles. The summed E-state index contributed by atoms with van der Waals surface area (Å²) in [7, 11) is 1.92. The standard InChI is InChI=1S/C24H28N6O.ClH/c1-5-29-8-6-17(7-9-29)21-14-30-22(31)12-20(26-24(30)16(3)25-21)18-10-15(2)23-19(11-18)13-28(4)27-23;/h10-14,17H,5-9H2,1-4H3;1H. The average molecular weight is 453 g/mol. The van der Waals surface area contributed by atoms with Crippen molar-refractivity contribution in [3.05, 3.63) is 57.9 Å². The van der Waals surface area contributed by atoms with Crippen molar-refractivity contribution in [3.8, 4) is 11.3 Å². The fourth-order valence-corrected chi connectivity index (χ4v) is 4.74. The lowest BCUT2D eigenvalue weighted by molar-refractivity contribution is 0.220. The normalized spacial score (nSPS) is 15.4. The predicted molar refractivity (Wildman–Crippen MR) is 130 cm³/mol. The summed E-state index contributed by atoms with van der Waals surface area (Å²) in [5.41, 5.74) is 6.00. The second-order valence-corrected chi connectivity index (χ2v) is 8.67. The minimum Gasteiger partial charge on any atom is -0.304 e. The highest BCUT2D eigenvalue weighted by Gasteiger charge is 2.22. The van der Waals surface area contributed by atoms with E-state index in [2.05, 4.69) is 16.9 Å². The van der Waals surface area contributed by atoms with Crippen molar-refractivity contribution in [3.63, 3.8) is 0 Å². The second-order valence-electron chi connectivity index (χ2n) is 8.67. The van der Waals surface area contributed by atoms with E-state index < -0.39 is 0 Å². The molecule has 0 atom stereocenters. The number of benzene rings is 1. The van der Waals surface area contributed by atoms with Gasteiger partial charge in [0.1, 0.15) is 0 Å². The van der Waals surface area contributed by atoms with E-state index in [-0.39, 0.29) is 18.0 Å². The SMILES string of the molecule is CCN1CCC(c2cn3c(=O)cc(-c4cc(C)c5nn(C)cc5c4)nc3c(C)n2)CC1.Cl. The maximum absolute atomic E-state index is 13.1. The number of hydrogen-bond acceptors (Lipinski definition) is 5. The molecule has 0 radical (unpaired) electrons. The summed E-state index contributed by atoms with van der Waals surface area (Å²) >= 11 is 0. The fourth-order valence-electron chi connectivity index (χ4n) is 4.74. The molecule has 1 fully saturated rings. The Morgan fingerprint density at radius 2 is 1.81 bits per heavy atom. The molecule has 4 aromatic rings. The minimum atomic E-state index is -0.0679. The smallest absolute Gasteiger partial charge is 0.258 e. The number of aromatic nitrogens is 5. The summed E-state index contributed by atoms with van der Waals surface area (Å²) in [5, 5.41) is 5.56. The van der Waals surface area contributed by atoms with Crippen molar-refractivity contribution in [2.24, 2.45) is 7.05 Å². The Morgan fingerprint density at radius 1 is 1.06 bits per heavy atom. The third-order valence-electron chi connectivity index (χ3n) is 6.50. The third-order valence-corrected chi connectivity index (χ3v) is 6.50. The van der Waals surface area contributed by atoms with Crippen molar-refractivity contribution < 1.29 is 0 Å². The van der Waals surface area contributed by atoms with Crippen molar-refractivity contribution in [2.75, 3.05) is 19.6 Å². The van der Waals surface area contributed by atoms with Gasteiger partial charge in [0.05, 0.1) is 22.6 Å². The fraction of sp³-hybridized carbons (Fsp3) is 0.417. The van der Waals surface area contributed by atoms with Gasteiger partial charge in [-0.25, -0.2) is 4.98 Å². The second kappa shape index (κ2) is 8.64. The molecule has 1 aliphatic rings. The van der Waals surface area contributed by atoms with Gasteiger partial charge in [0.2, 0.25) is 0 Å². The Hall–Kier alpha value is -2.77. The highest BCUT2D eigenvalue weighted by atomic mass is 35.5. The largest absolute Gasteiger partial charge is 0.304 e. The van der Waals surface area contributed by atoms with Gasteiger partial charge in [-0.15, -0.1) is 12.4 Å². The summed E-state index contributed by atoms with van der Waals surface area (Å²) in [5.74, 6) is 0.396. The first-order valence-corrected chi connectivity index (χ1v) is 11.0. The molecule has 168 valence electrons. The van der Waals surface area contributed by atoms with Crippen LogP contribution in [0.2, 0.25) is 0 Å². The molecule has 0 bridgehead atoms. The Labute approximate surface area is 193 Å². The predicted octanol–water partition coefficient (Wildman–Crippen LogP) is 3.88.